The molecule has 2 bridgehead atoms. The van der Waals surface area contributed by atoms with Crippen LogP contribution < -0.4 is 0 Å². The molecule has 3 aliphatic carbocycles. The molecular formula is C17H18Cl4O6. The van der Waals surface area contributed by atoms with Gasteiger partial charge < -0.3 is 18.9 Å². The fourth-order valence-corrected chi connectivity index (χ4v) is 6.96. The van der Waals surface area contributed by atoms with Gasteiger partial charge in [0.05, 0.1) is 10.1 Å². The Morgan fingerprint density at radius 2 is 1.19 bits per heavy atom. The van der Waals surface area contributed by atoms with Crippen molar-refractivity contribution in [3.8, 4) is 0 Å². The van der Waals surface area contributed by atoms with E-state index in [1.165, 1.54) is 28.1 Å². The molecule has 0 aromatic heterocycles. The Labute approximate surface area is 176 Å². The van der Waals surface area contributed by atoms with Crippen molar-refractivity contribution in [2.75, 3.05) is 14.2 Å². The first-order valence-electron chi connectivity index (χ1n) is 8.10. The first-order chi connectivity index (χ1) is 12.5. The maximum atomic E-state index is 11.6. The van der Waals surface area contributed by atoms with E-state index in [9.17, 15) is 9.59 Å². The summed E-state index contributed by atoms with van der Waals surface area (Å²) in [5, 5.41) is 0.0830. The number of methoxy groups -OCH3 is 2. The van der Waals surface area contributed by atoms with Crippen LogP contribution in [0.3, 0.4) is 0 Å². The molecule has 0 amide bonds. The molecular weight excluding hydrogens is 442 g/mol. The molecule has 0 saturated heterocycles. The molecule has 0 aliphatic heterocycles. The van der Waals surface area contributed by atoms with Crippen molar-refractivity contribution in [2.45, 2.75) is 41.6 Å². The van der Waals surface area contributed by atoms with Crippen molar-refractivity contribution in [2.24, 2.45) is 11.8 Å². The summed E-state index contributed by atoms with van der Waals surface area (Å²) < 4.78 is 22.2. The van der Waals surface area contributed by atoms with Crippen molar-refractivity contribution < 1.29 is 28.5 Å². The van der Waals surface area contributed by atoms with Crippen molar-refractivity contribution in [3.05, 3.63) is 22.2 Å². The van der Waals surface area contributed by atoms with Crippen molar-refractivity contribution in [1.29, 1.82) is 0 Å². The number of fused-ring (bicyclic) bond motifs is 5. The van der Waals surface area contributed by atoms with E-state index < -0.39 is 51.5 Å². The van der Waals surface area contributed by atoms with Gasteiger partial charge in [0.15, 0.2) is 0 Å². The van der Waals surface area contributed by atoms with Crippen LogP contribution in [0.15, 0.2) is 22.2 Å². The van der Waals surface area contributed by atoms with E-state index in [0.29, 0.717) is 0 Å². The van der Waals surface area contributed by atoms with Crippen LogP contribution in [0.25, 0.3) is 0 Å². The van der Waals surface area contributed by atoms with E-state index in [2.05, 4.69) is 0 Å². The molecule has 0 aromatic carbocycles. The van der Waals surface area contributed by atoms with Gasteiger partial charge in [-0.05, 0) is 12.2 Å². The fraction of sp³-hybridized carbons (Fsp3) is 0.647. The van der Waals surface area contributed by atoms with Crippen LogP contribution in [0.1, 0.15) is 13.8 Å². The van der Waals surface area contributed by atoms with E-state index in [1.807, 2.05) is 0 Å². The van der Waals surface area contributed by atoms with Crippen LogP contribution in [0.4, 0.5) is 0 Å². The third kappa shape index (κ3) is 2.41. The summed E-state index contributed by atoms with van der Waals surface area (Å²) in [5.74, 6) is -4.19. The third-order valence-electron chi connectivity index (χ3n) is 5.47. The lowest BCUT2D eigenvalue weighted by atomic mass is 9.72. The monoisotopic (exact) mass is 458 g/mol. The number of carbonyl (C=O) groups excluding carboxylic acids is 2. The molecule has 27 heavy (non-hydrogen) atoms. The molecule has 0 heterocycles. The van der Waals surface area contributed by atoms with Crippen molar-refractivity contribution in [1.82, 2.24) is 0 Å². The number of halogens is 4. The molecule has 1 fully saturated rings. The van der Waals surface area contributed by atoms with Gasteiger partial charge in [0, 0.05) is 39.9 Å². The normalized spacial score (nSPS) is 41.5. The molecule has 0 unspecified atom stereocenters. The van der Waals surface area contributed by atoms with E-state index >= 15 is 0 Å². The van der Waals surface area contributed by atoms with Crippen LogP contribution >= 0.6 is 46.4 Å². The standard InChI is InChI=1S/C17H18Cl4O6/c1-7(22)26-9-5-6-10(27-8(2)23)12-11(9)15(20)13(18)14(19)16(12,21)17(15,24-3)25-4/h5-6,9-12H,1-4H3/t9-,10+,11+,12-,15+,16-. The van der Waals surface area contributed by atoms with Crippen molar-refractivity contribution >= 4 is 58.3 Å². The highest BCUT2D eigenvalue weighted by molar-refractivity contribution is 6.52. The maximum absolute atomic E-state index is 11.6. The van der Waals surface area contributed by atoms with Gasteiger partial charge in [-0.2, -0.15) is 0 Å². The molecule has 6 atom stereocenters. The number of rotatable bonds is 4. The number of carbonyl (C=O) groups is 2. The Hall–Kier alpha value is -0.500. The minimum atomic E-state index is -1.69. The van der Waals surface area contributed by atoms with Crippen LogP contribution in [-0.2, 0) is 28.5 Å². The van der Waals surface area contributed by atoms with Gasteiger partial charge >= 0.3 is 11.9 Å². The highest BCUT2D eigenvalue weighted by atomic mass is 35.5. The summed E-state index contributed by atoms with van der Waals surface area (Å²) in [6.45, 7) is 2.55. The Bertz CT molecular complexity index is 692. The third-order valence-corrected chi connectivity index (χ3v) is 8.12. The number of alkyl halides is 2. The van der Waals surface area contributed by atoms with Gasteiger partial charge in [-0.15, -0.1) is 23.2 Å². The minimum absolute atomic E-state index is 0.0415. The summed E-state index contributed by atoms with van der Waals surface area (Å²) in [6, 6.07) is 0. The molecule has 3 rings (SSSR count). The molecule has 0 aromatic rings. The first kappa shape index (κ1) is 21.2. The van der Waals surface area contributed by atoms with Gasteiger partial charge in [-0.25, -0.2) is 0 Å². The smallest absolute Gasteiger partial charge is 0.303 e. The Morgan fingerprint density at radius 3 is 1.44 bits per heavy atom. The molecule has 150 valence electrons. The highest BCUT2D eigenvalue weighted by Gasteiger charge is 2.87. The molecule has 10 heteroatoms. The molecule has 0 radical (unpaired) electrons. The van der Waals surface area contributed by atoms with E-state index in [0.717, 1.165) is 0 Å². The van der Waals surface area contributed by atoms with Crippen LogP contribution in [0.2, 0.25) is 0 Å². The van der Waals surface area contributed by atoms with Gasteiger partial charge in [-0.1, -0.05) is 23.2 Å². The Morgan fingerprint density at radius 1 is 0.852 bits per heavy atom. The zero-order valence-electron chi connectivity index (χ0n) is 14.9. The summed E-state index contributed by atoms with van der Waals surface area (Å²) in [6.07, 6.45) is 1.58. The highest BCUT2D eigenvalue weighted by Crippen LogP contribution is 2.75. The lowest BCUT2D eigenvalue weighted by molar-refractivity contribution is -0.222. The lowest BCUT2D eigenvalue weighted by Gasteiger charge is -2.43. The van der Waals surface area contributed by atoms with E-state index in [4.69, 9.17) is 65.4 Å². The first-order valence-corrected chi connectivity index (χ1v) is 9.61. The largest absolute Gasteiger partial charge is 0.458 e. The number of esters is 2. The minimum Gasteiger partial charge on any atom is -0.458 e. The molecule has 1 saturated carbocycles. The average molecular weight is 460 g/mol. The van der Waals surface area contributed by atoms with Crippen LogP contribution in [0, 0.1) is 11.8 Å². The van der Waals surface area contributed by atoms with Gasteiger partial charge in [0.1, 0.15) is 22.0 Å². The summed E-state index contributed by atoms with van der Waals surface area (Å²) in [4.78, 5) is 20.1. The molecule has 0 spiro atoms. The second kappa shape index (κ2) is 6.78. The second-order valence-corrected chi connectivity index (χ2v) is 8.61. The molecule has 3 aliphatic rings. The SMILES string of the molecule is COC1(OC)[C@@]2(Cl)C(Cl)=C(Cl)[C@]1(Cl)[C@H]1[C@@H]2[C@H](OC(C)=O)C=C[C@@H]1OC(C)=O. The quantitative estimate of drug-likeness (QED) is 0.278. The summed E-state index contributed by atoms with van der Waals surface area (Å²) in [5.41, 5.74) is 0. The van der Waals surface area contributed by atoms with Crippen molar-refractivity contribution in [3.63, 3.8) is 0 Å². The van der Waals surface area contributed by atoms with E-state index in [1.54, 1.807) is 12.2 Å². The Balaban J connectivity index is 2.27. The van der Waals surface area contributed by atoms with Gasteiger partial charge in [0.25, 0.3) is 0 Å². The zero-order valence-corrected chi connectivity index (χ0v) is 17.9. The zero-order chi connectivity index (χ0) is 20.4. The van der Waals surface area contributed by atoms with Crippen LogP contribution in [0.5, 0.6) is 0 Å². The maximum Gasteiger partial charge on any atom is 0.303 e. The molecule has 0 N–H and O–H groups in total. The van der Waals surface area contributed by atoms with Gasteiger partial charge in [0.2, 0.25) is 5.79 Å². The summed E-state index contributed by atoms with van der Waals surface area (Å²) >= 11 is 27.1. The summed E-state index contributed by atoms with van der Waals surface area (Å²) in [7, 11) is 2.73. The van der Waals surface area contributed by atoms with Gasteiger partial charge in [-0.3, -0.25) is 9.59 Å². The topological polar surface area (TPSA) is 71.1 Å². The van der Waals surface area contributed by atoms with Crippen LogP contribution in [-0.4, -0.2) is 53.9 Å². The average Bonchev–Trinajstić information content (AvgIpc) is 2.85. The number of hydrogen-bond donors (Lipinski definition) is 0. The number of ether oxygens (including phenoxy) is 4. The molecule has 6 nitrogen and oxygen atoms in total. The number of hydrogen-bond acceptors (Lipinski definition) is 6. The lowest BCUT2D eigenvalue weighted by Crippen LogP contribution is -2.58. The Kier molecular flexibility index (Phi) is 5.33. The fourth-order valence-electron chi connectivity index (χ4n) is 4.71. The second-order valence-electron chi connectivity index (χ2n) is 6.66. The predicted molar refractivity (Wildman–Crippen MR) is 99.9 cm³/mol. The predicted octanol–water partition coefficient (Wildman–Crippen LogP) is 3.31. The van der Waals surface area contributed by atoms with E-state index in [-0.39, 0.29) is 10.1 Å².